The molecule has 0 spiro atoms. The smallest absolute Gasteiger partial charge is 0.132 e. The highest BCUT2D eigenvalue weighted by Crippen LogP contribution is 2.30. The van der Waals surface area contributed by atoms with Crippen LogP contribution in [0.15, 0.2) is 30.5 Å². The lowest BCUT2D eigenvalue weighted by Gasteiger charge is -2.17. The Morgan fingerprint density at radius 1 is 1.25 bits per heavy atom. The first-order valence-electron chi connectivity index (χ1n) is 5.44. The second-order valence-corrected chi connectivity index (χ2v) is 3.96. The molecule has 1 aliphatic heterocycles. The number of fused-ring (bicyclic) bond motifs is 1. The van der Waals surface area contributed by atoms with Gasteiger partial charge in [0.2, 0.25) is 0 Å². The fourth-order valence-corrected chi connectivity index (χ4v) is 2.03. The van der Waals surface area contributed by atoms with Crippen LogP contribution in [0.5, 0.6) is 5.75 Å². The number of hydrogen-bond donors (Lipinski definition) is 2. The molecule has 2 aromatic rings. The molecule has 16 heavy (non-hydrogen) atoms. The molecular formula is C12H13N3O. The highest BCUT2D eigenvalue weighted by molar-refractivity contribution is 5.75. The lowest BCUT2D eigenvalue weighted by Crippen LogP contribution is -2.17. The minimum absolute atomic E-state index is 0.290. The van der Waals surface area contributed by atoms with Crippen molar-refractivity contribution in [3.63, 3.8) is 0 Å². The van der Waals surface area contributed by atoms with E-state index < -0.39 is 0 Å². The number of phenolic OH excluding ortho intramolecular Hbond substituents is 1. The van der Waals surface area contributed by atoms with Crippen molar-refractivity contribution in [2.75, 3.05) is 11.9 Å². The summed E-state index contributed by atoms with van der Waals surface area (Å²) in [6.45, 7) is 1.97. The SMILES string of the molecule is Oc1ccc(-c2cnn3c2NCCC3)cc1. The number of benzene rings is 1. The molecule has 0 saturated carbocycles. The Balaban J connectivity index is 2.06. The Morgan fingerprint density at radius 2 is 2.06 bits per heavy atom. The van der Waals surface area contributed by atoms with E-state index in [2.05, 4.69) is 10.4 Å². The molecule has 1 aromatic heterocycles. The first-order chi connectivity index (χ1) is 7.84. The van der Waals surface area contributed by atoms with Crippen molar-refractivity contribution in [3.05, 3.63) is 30.5 Å². The summed E-state index contributed by atoms with van der Waals surface area (Å²) >= 11 is 0. The minimum atomic E-state index is 0.290. The predicted octanol–water partition coefficient (Wildman–Crippen LogP) is 2.07. The van der Waals surface area contributed by atoms with E-state index in [1.54, 1.807) is 12.1 Å². The molecule has 1 aliphatic rings. The predicted molar refractivity (Wildman–Crippen MR) is 62.4 cm³/mol. The zero-order valence-electron chi connectivity index (χ0n) is 8.85. The van der Waals surface area contributed by atoms with Gasteiger partial charge in [-0.2, -0.15) is 5.10 Å². The Bertz CT molecular complexity index is 501. The number of aryl methyl sites for hydroxylation is 1. The summed E-state index contributed by atoms with van der Waals surface area (Å²) in [5, 5.41) is 17.0. The van der Waals surface area contributed by atoms with Crippen molar-refractivity contribution in [2.45, 2.75) is 13.0 Å². The molecule has 1 aromatic carbocycles. The van der Waals surface area contributed by atoms with Crippen molar-refractivity contribution in [1.29, 1.82) is 0 Å². The highest BCUT2D eigenvalue weighted by atomic mass is 16.3. The third-order valence-corrected chi connectivity index (χ3v) is 2.86. The summed E-state index contributed by atoms with van der Waals surface area (Å²) in [7, 11) is 0. The van der Waals surface area contributed by atoms with E-state index in [-0.39, 0.29) is 5.75 Å². The lowest BCUT2D eigenvalue weighted by molar-refractivity contribution is 0.475. The quantitative estimate of drug-likeness (QED) is 0.765. The van der Waals surface area contributed by atoms with Gasteiger partial charge in [0.15, 0.2) is 0 Å². The lowest BCUT2D eigenvalue weighted by atomic mass is 10.1. The minimum Gasteiger partial charge on any atom is -0.508 e. The molecule has 4 heteroatoms. The number of nitrogens with zero attached hydrogens (tertiary/aromatic N) is 2. The van der Waals surface area contributed by atoms with Crippen LogP contribution < -0.4 is 5.32 Å². The van der Waals surface area contributed by atoms with Crippen LogP contribution in [0.4, 0.5) is 5.82 Å². The van der Waals surface area contributed by atoms with Crippen molar-refractivity contribution in [3.8, 4) is 16.9 Å². The fraction of sp³-hybridized carbons (Fsp3) is 0.250. The summed E-state index contributed by atoms with van der Waals surface area (Å²) in [4.78, 5) is 0. The maximum Gasteiger partial charge on any atom is 0.132 e. The van der Waals surface area contributed by atoms with Gasteiger partial charge in [-0.15, -0.1) is 0 Å². The second-order valence-electron chi connectivity index (χ2n) is 3.96. The van der Waals surface area contributed by atoms with Crippen LogP contribution in [-0.2, 0) is 6.54 Å². The molecule has 0 saturated heterocycles. The number of hydrogen-bond acceptors (Lipinski definition) is 3. The van der Waals surface area contributed by atoms with E-state index in [9.17, 15) is 5.11 Å². The molecule has 4 nitrogen and oxygen atoms in total. The third-order valence-electron chi connectivity index (χ3n) is 2.86. The van der Waals surface area contributed by atoms with Crippen molar-refractivity contribution < 1.29 is 5.11 Å². The Hall–Kier alpha value is -1.97. The molecule has 2 N–H and O–H groups in total. The van der Waals surface area contributed by atoms with Crippen LogP contribution in [0.25, 0.3) is 11.1 Å². The van der Waals surface area contributed by atoms with Gasteiger partial charge in [-0.3, -0.25) is 0 Å². The molecule has 0 fully saturated rings. The Morgan fingerprint density at radius 3 is 2.88 bits per heavy atom. The topological polar surface area (TPSA) is 50.1 Å². The van der Waals surface area contributed by atoms with Gasteiger partial charge >= 0.3 is 0 Å². The molecule has 0 unspecified atom stereocenters. The summed E-state index contributed by atoms with van der Waals surface area (Å²) < 4.78 is 1.99. The number of aromatic nitrogens is 2. The standard InChI is InChI=1S/C12H13N3O/c16-10-4-2-9(3-5-10)11-8-14-15-7-1-6-13-12(11)15/h2-5,8,13,16H,1,6-7H2. The van der Waals surface area contributed by atoms with Crippen molar-refractivity contribution >= 4 is 5.82 Å². The average molecular weight is 215 g/mol. The van der Waals surface area contributed by atoms with E-state index in [0.29, 0.717) is 0 Å². The van der Waals surface area contributed by atoms with Gasteiger partial charge in [0.1, 0.15) is 11.6 Å². The summed E-state index contributed by atoms with van der Waals surface area (Å²) in [5.74, 6) is 1.37. The highest BCUT2D eigenvalue weighted by Gasteiger charge is 2.14. The van der Waals surface area contributed by atoms with E-state index in [0.717, 1.165) is 36.5 Å². The number of phenols is 1. The van der Waals surface area contributed by atoms with Crippen LogP contribution in [0.2, 0.25) is 0 Å². The summed E-state index contributed by atoms with van der Waals surface area (Å²) in [6, 6.07) is 7.21. The van der Waals surface area contributed by atoms with Crippen LogP contribution >= 0.6 is 0 Å². The zero-order valence-corrected chi connectivity index (χ0v) is 8.85. The van der Waals surface area contributed by atoms with Gasteiger partial charge in [-0.05, 0) is 24.1 Å². The molecule has 0 amide bonds. The monoisotopic (exact) mass is 215 g/mol. The fourth-order valence-electron chi connectivity index (χ4n) is 2.03. The third kappa shape index (κ3) is 1.43. The van der Waals surface area contributed by atoms with Crippen LogP contribution in [0.1, 0.15) is 6.42 Å². The first-order valence-corrected chi connectivity index (χ1v) is 5.44. The van der Waals surface area contributed by atoms with Crippen molar-refractivity contribution in [1.82, 2.24) is 9.78 Å². The van der Waals surface area contributed by atoms with E-state index in [1.807, 2.05) is 23.0 Å². The number of nitrogens with one attached hydrogen (secondary N) is 1. The van der Waals surface area contributed by atoms with Gasteiger partial charge in [0.05, 0.1) is 6.20 Å². The average Bonchev–Trinajstić information content (AvgIpc) is 2.74. The summed E-state index contributed by atoms with van der Waals surface area (Å²) in [6.07, 6.45) is 2.99. The van der Waals surface area contributed by atoms with Crippen LogP contribution in [0.3, 0.4) is 0 Å². The van der Waals surface area contributed by atoms with Gasteiger partial charge in [0, 0.05) is 18.7 Å². The maximum atomic E-state index is 9.26. The molecule has 0 aliphatic carbocycles. The number of rotatable bonds is 1. The van der Waals surface area contributed by atoms with Gasteiger partial charge in [-0.1, -0.05) is 12.1 Å². The zero-order chi connectivity index (χ0) is 11.0. The van der Waals surface area contributed by atoms with Gasteiger partial charge in [-0.25, -0.2) is 4.68 Å². The maximum absolute atomic E-state index is 9.26. The number of aromatic hydroxyl groups is 1. The van der Waals surface area contributed by atoms with Crippen molar-refractivity contribution in [2.24, 2.45) is 0 Å². The largest absolute Gasteiger partial charge is 0.508 e. The van der Waals surface area contributed by atoms with Crippen LogP contribution in [0, 0.1) is 0 Å². The van der Waals surface area contributed by atoms with Crippen LogP contribution in [-0.4, -0.2) is 21.4 Å². The molecule has 0 radical (unpaired) electrons. The summed E-state index contributed by atoms with van der Waals surface area (Å²) in [5.41, 5.74) is 2.17. The molecule has 82 valence electrons. The second kappa shape index (κ2) is 3.56. The van der Waals surface area contributed by atoms with E-state index >= 15 is 0 Å². The Kier molecular flexibility index (Phi) is 2.06. The Labute approximate surface area is 93.5 Å². The molecular weight excluding hydrogens is 202 g/mol. The van der Waals surface area contributed by atoms with E-state index in [4.69, 9.17) is 0 Å². The normalized spacial score (nSPS) is 14.2. The molecule has 3 rings (SSSR count). The molecule has 0 bridgehead atoms. The van der Waals surface area contributed by atoms with E-state index in [1.165, 1.54) is 0 Å². The number of anilines is 1. The first kappa shape index (κ1) is 9.27. The van der Waals surface area contributed by atoms with Gasteiger partial charge in [0.25, 0.3) is 0 Å². The van der Waals surface area contributed by atoms with Gasteiger partial charge < -0.3 is 10.4 Å². The molecule has 0 atom stereocenters. The molecule has 2 heterocycles.